The lowest BCUT2D eigenvalue weighted by Gasteiger charge is -2.22. The first-order valence-electron chi connectivity index (χ1n) is 13.3. The van der Waals surface area contributed by atoms with E-state index < -0.39 is 44.8 Å². The van der Waals surface area contributed by atoms with E-state index in [0.29, 0.717) is 62.1 Å². The number of aromatic nitrogens is 1. The molecular weight excluding hydrogens is 596 g/mol. The van der Waals surface area contributed by atoms with Crippen molar-refractivity contribution in [3.8, 4) is 10.4 Å². The topological polar surface area (TPSA) is 97.4 Å². The van der Waals surface area contributed by atoms with Crippen LogP contribution in [0.3, 0.4) is 0 Å². The Bertz CT molecular complexity index is 1330. The monoisotopic (exact) mass is 627 g/mol. The number of nitrogens with zero attached hydrogens (tertiary/aromatic N) is 1. The molecule has 41 heavy (non-hydrogen) atoms. The van der Waals surface area contributed by atoms with Crippen molar-refractivity contribution in [1.29, 1.82) is 0 Å². The van der Waals surface area contributed by atoms with E-state index in [9.17, 15) is 39.6 Å². The summed E-state index contributed by atoms with van der Waals surface area (Å²) in [5.41, 5.74) is -1.19. The number of sulfonamides is 1. The summed E-state index contributed by atoms with van der Waals surface area (Å²) in [5.74, 6) is -0.232. The van der Waals surface area contributed by atoms with Gasteiger partial charge in [0, 0.05) is 19.3 Å². The third-order valence-corrected chi connectivity index (χ3v) is 10.1. The van der Waals surface area contributed by atoms with Gasteiger partial charge in [-0.25, -0.2) is 13.4 Å². The summed E-state index contributed by atoms with van der Waals surface area (Å²) in [7, 11) is -5.19. The number of hydrogen-bond donors (Lipinski definition) is 2. The van der Waals surface area contributed by atoms with E-state index in [1.807, 2.05) is 0 Å². The molecule has 1 saturated carbocycles. The van der Waals surface area contributed by atoms with Gasteiger partial charge in [-0.15, -0.1) is 11.3 Å². The summed E-state index contributed by atoms with van der Waals surface area (Å²) in [4.78, 5) is 16.5. The van der Waals surface area contributed by atoms with Crippen LogP contribution in [0.2, 0.25) is 0 Å². The van der Waals surface area contributed by atoms with Crippen molar-refractivity contribution in [1.82, 2.24) is 15.0 Å². The number of carbonyl (C=O) groups is 1. The molecule has 2 aromatic rings. The number of rotatable bonds is 8. The molecule has 2 aliphatic rings. The first-order valence-corrected chi connectivity index (χ1v) is 15.6. The average molecular weight is 628 g/mol. The Labute approximate surface area is 238 Å². The van der Waals surface area contributed by atoms with Crippen LogP contribution in [0, 0.1) is 5.92 Å². The minimum Gasteiger partial charge on any atom is -0.381 e. The number of benzene rings is 1. The van der Waals surface area contributed by atoms with Crippen LogP contribution in [0.5, 0.6) is 0 Å². The largest absolute Gasteiger partial charge is 0.417 e. The highest BCUT2D eigenvalue weighted by Gasteiger charge is 2.42. The van der Waals surface area contributed by atoms with Crippen molar-refractivity contribution in [2.75, 3.05) is 13.2 Å². The van der Waals surface area contributed by atoms with E-state index in [-0.39, 0.29) is 22.5 Å². The third kappa shape index (κ3) is 7.99. The van der Waals surface area contributed by atoms with E-state index >= 15 is 0 Å². The van der Waals surface area contributed by atoms with Gasteiger partial charge in [0.1, 0.15) is 6.04 Å². The Hall–Kier alpha value is -2.23. The Kier molecular flexibility index (Phi) is 9.71. The smallest absolute Gasteiger partial charge is 0.381 e. The number of carbonyl (C=O) groups excluding carboxylic acids is 1. The zero-order valence-corrected chi connectivity index (χ0v) is 23.8. The highest BCUT2D eigenvalue weighted by Crippen LogP contribution is 2.41. The minimum atomic E-state index is -5.20. The van der Waals surface area contributed by atoms with Gasteiger partial charge < -0.3 is 10.1 Å². The van der Waals surface area contributed by atoms with Crippen LogP contribution in [0.1, 0.15) is 72.9 Å². The molecule has 0 radical (unpaired) electrons. The average Bonchev–Trinajstić information content (AvgIpc) is 3.32. The molecule has 4 rings (SSSR count). The van der Waals surface area contributed by atoms with Crippen LogP contribution >= 0.6 is 11.3 Å². The van der Waals surface area contributed by atoms with Gasteiger partial charge in [-0.05, 0) is 49.8 Å². The Morgan fingerprint density at radius 1 is 1.07 bits per heavy atom. The number of thiazole rings is 1. The zero-order valence-electron chi connectivity index (χ0n) is 22.2. The molecule has 1 aliphatic heterocycles. The number of alkyl halides is 6. The van der Waals surface area contributed by atoms with E-state index in [1.165, 1.54) is 4.72 Å². The van der Waals surface area contributed by atoms with Crippen molar-refractivity contribution < 1.29 is 44.3 Å². The SMILES string of the molecule is CC(NS(=O)(=O)c1ccc(-c2sc(C(=O)NC3CCOCC3)nc2CC2CCCCC2)cc1C(F)(F)F)C(F)(F)F. The van der Waals surface area contributed by atoms with E-state index in [0.717, 1.165) is 49.5 Å². The summed E-state index contributed by atoms with van der Waals surface area (Å²) in [5, 5.41) is 2.97. The maximum Gasteiger partial charge on any atom is 0.417 e. The molecule has 15 heteroatoms. The summed E-state index contributed by atoms with van der Waals surface area (Å²) in [6.07, 6.45) is -3.60. The van der Waals surface area contributed by atoms with Crippen LogP contribution < -0.4 is 10.0 Å². The second-order valence-electron chi connectivity index (χ2n) is 10.5. The van der Waals surface area contributed by atoms with Crippen LogP contribution in [-0.2, 0) is 27.4 Å². The second-order valence-corrected chi connectivity index (χ2v) is 13.1. The van der Waals surface area contributed by atoms with Gasteiger partial charge in [-0.3, -0.25) is 4.79 Å². The summed E-state index contributed by atoms with van der Waals surface area (Å²) >= 11 is 0.909. The first kappa shape index (κ1) is 31.7. The summed E-state index contributed by atoms with van der Waals surface area (Å²) in [6, 6.07) is -0.368. The normalized spacial score (nSPS) is 18.8. The number of halogens is 6. The van der Waals surface area contributed by atoms with Gasteiger partial charge in [-0.2, -0.15) is 31.1 Å². The van der Waals surface area contributed by atoms with E-state index in [2.05, 4.69) is 10.3 Å². The van der Waals surface area contributed by atoms with Gasteiger partial charge in [0.25, 0.3) is 5.91 Å². The molecule has 1 unspecified atom stereocenters. The van der Waals surface area contributed by atoms with Crippen molar-refractivity contribution in [3.63, 3.8) is 0 Å². The summed E-state index contributed by atoms with van der Waals surface area (Å²) in [6.45, 7) is 1.49. The van der Waals surface area contributed by atoms with Crippen molar-refractivity contribution >= 4 is 27.3 Å². The fraction of sp³-hybridized carbons (Fsp3) is 0.615. The molecule has 1 atom stereocenters. The summed E-state index contributed by atoms with van der Waals surface area (Å²) < 4.78 is 113. The number of ether oxygens (including phenoxy) is 1. The first-order chi connectivity index (χ1) is 19.1. The molecule has 1 amide bonds. The second kappa shape index (κ2) is 12.6. The molecule has 0 spiro atoms. The van der Waals surface area contributed by atoms with E-state index in [4.69, 9.17) is 4.74 Å². The minimum absolute atomic E-state index is 0.0198. The van der Waals surface area contributed by atoms with Gasteiger partial charge in [0.15, 0.2) is 5.01 Å². The Morgan fingerprint density at radius 2 is 1.73 bits per heavy atom. The highest BCUT2D eigenvalue weighted by molar-refractivity contribution is 7.89. The van der Waals surface area contributed by atoms with E-state index in [1.54, 1.807) is 0 Å². The molecule has 2 fully saturated rings. The lowest BCUT2D eigenvalue weighted by atomic mass is 9.85. The predicted molar refractivity (Wildman–Crippen MR) is 140 cm³/mol. The number of amides is 1. The molecular formula is C26H31F6N3O4S2. The predicted octanol–water partition coefficient (Wildman–Crippen LogP) is 6.09. The Morgan fingerprint density at radius 3 is 2.34 bits per heavy atom. The molecule has 2 heterocycles. The molecule has 1 aromatic heterocycles. The molecule has 1 saturated heterocycles. The standard InChI is InChI=1S/C26H31F6N3O4S2/c1-15(25(27,28)29)35-41(37,38)21-8-7-17(14-19(21)26(30,31)32)22-20(13-16-5-3-2-4-6-16)34-24(40-22)23(36)33-18-9-11-39-12-10-18/h7-8,14-16,18,35H,2-6,9-13H2,1H3,(H,33,36). The van der Waals surface area contributed by atoms with Crippen LogP contribution in [-0.4, -0.2) is 50.8 Å². The highest BCUT2D eigenvalue weighted by atomic mass is 32.2. The zero-order chi connectivity index (χ0) is 30.0. The van der Waals surface area contributed by atoms with Crippen LogP contribution in [0.25, 0.3) is 10.4 Å². The molecule has 7 nitrogen and oxygen atoms in total. The quantitative estimate of drug-likeness (QED) is 0.346. The lowest BCUT2D eigenvalue weighted by Crippen LogP contribution is -2.43. The Balaban J connectivity index is 1.73. The molecule has 228 valence electrons. The fourth-order valence-corrected chi connectivity index (χ4v) is 7.49. The van der Waals surface area contributed by atoms with Gasteiger partial charge in [-0.1, -0.05) is 38.2 Å². The maximum absolute atomic E-state index is 14.1. The molecule has 0 bridgehead atoms. The fourth-order valence-electron chi connectivity index (χ4n) is 5.06. The van der Waals surface area contributed by atoms with Crippen molar-refractivity contribution in [2.24, 2.45) is 5.92 Å². The van der Waals surface area contributed by atoms with Crippen molar-refractivity contribution in [3.05, 3.63) is 34.5 Å². The number of nitrogens with one attached hydrogen (secondary N) is 2. The molecule has 1 aromatic carbocycles. The van der Waals surface area contributed by atoms with Gasteiger partial charge >= 0.3 is 12.4 Å². The van der Waals surface area contributed by atoms with Gasteiger partial charge in [0.05, 0.1) is 21.0 Å². The van der Waals surface area contributed by atoms with Crippen LogP contribution in [0.4, 0.5) is 26.3 Å². The maximum atomic E-state index is 14.1. The lowest BCUT2D eigenvalue weighted by molar-refractivity contribution is -0.147. The van der Waals surface area contributed by atoms with Gasteiger partial charge in [0.2, 0.25) is 10.0 Å². The third-order valence-electron chi connectivity index (χ3n) is 7.31. The molecule has 1 aliphatic carbocycles. The molecule has 2 N–H and O–H groups in total. The van der Waals surface area contributed by atoms with Crippen molar-refractivity contribution in [2.45, 2.75) is 87.6 Å². The van der Waals surface area contributed by atoms with Crippen LogP contribution in [0.15, 0.2) is 23.1 Å². The number of hydrogen-bond acceptors (Lipinski definition) is 6.